The molecule has 0 bridgehead atoms. The van der Waals surface area contributed by atoms with Crippen molar-refractivity contribution in [3.8, 4) is 5.75 Å². The minimum atomic E-state index is -2.90. The second kappa shape index (κ2) is 5.79. The van der Waals surface area contributed by atoms with Crippen molar-refractivity contribution in [1.29, 1.82) is 0 Å². The van der Waals surface area contributed by atoms with Gasteiger partial charge in [0.1, 0.15) is 5.75 Å². The maximum absolute atomic E-state index is 12.2. The van der Waals surface area contributed by atoms with Crippen molar-refractivity contribution in [2.24, 2.45) is 0 Å². The van der Waals surface area contributed by atoms with Gasteiger partial charge in [0.25, 0.3) is 0 Å². The number of carbonyl (C=O) groups is 1. The summed E-state index contributed by atoms with van der Waals surface area (Å²) < 4.78 is 29.4. The van der Waals surface area contributed by atoms with Crippen LogP contribution in [0.3, 0.4) is 0 Å². The lowest BCUT2D eigenvalue weighted by molar-refractivity contribution is -0.0498. The quantitative estimate of drug-likeness (QED) is 0.753. The molecular formula is C13H9BrF2O2S. The average molecular weight is 347 g/mol. The van der Waals surface area contributed by atoms with Crippen LogP contribution < -0.4 is 4.74 Å². The summed E-state index contributed by atoms with van der Waals surface area (Å²) in [5.41, 5.74) is 1.29. The van der Waals surface area contributed by atoms with Crippen LogP contribution in [0.2, 0.25) is 0 Å². The van der Waals surface area contributed by atoms with E-state index in [9.17, 15) is 13.6 Å². The van der Waals surface area contributed by atoms with Crippen molar-refractivity contribution >= 4 is 33.0 Å². The minimum absolute atomic E-state index is 0.0202. The summed E-state index contributed by atoms with van der Waals surface area (Å²) in [6.45, 7) is -1.02. The molecule has 0 radical (unpaired) electrons. The molecule has 2 rings (SSSR count). The zero-order valence-corrected chi connectivity index (χ0v) is 12.2. The predicted octanol–water partition coefficient (Wildman–Crippen LogP) is 4.65. The van der Waals surface area contributed by atoms with Gasteiger partial charge in [-0.1, -0.05) is 12.1 Å². The van der Waals surface area contributed by atoms with Gasteiger partial charge in [-0.15, -0.1) is 11.3 Å². The summed E-state index contributed by atoms with van der Waals surface area (Å²) in [5.74, 6) is -0.230. The average Bonchev–Trinajstić information content (AvgIpc) is 2.68. The molecule has 2 nitrogen and oxygen atoms in total. The standard InChI is InChI=1S/C13H9BrF2O2S/c1-7-5-10(19-12(7)14)11(17)8-3-2-4-9(6-8)18-13(15)16/h2-6,13H,1H3. The van der Waals surface area contributed by atoms with Crippen LogP contribution >= 0.6 is 27.3 Å². The Hall–Kier alpha value is -1.27. The number of rotatable bonds is 4. The summed E-state index contributed by atoms with van der Waals surface area (Å²) in [6, 6.07) is 7.55. The second-order valence-corrected chi connectivity index (χ2v) is 6.17. The number of halogens is 3. The largest absolute Gasteiger partial charge is 0.435 e. The van der Waals surface area contributed by atoms with Crippen molar-refractivity contribution < 1.29 is 18.3 Å². The van der Waals surface area contributed by atoms with Crippen LogP contribution in [0.5, 0.6) is 5.75 Å². The van der Waals surface area contributed by atoms with Gasteiger partial charge in [-0.3, -0.25) is 4.79 Å². The van der Waals surface area contributed by atoms with Crippen LogP contribution in [-0.4, -0.2) is 12.4 Å². The Bertz CT molecular complexity index is 591. The normalized spacial score (nSPS) is 10.8. The summed E-state index contributed by atoms with van der Waals surface area (Å²) in [7, 11) is 0. The molecule has 1 heterocycles. The van der Waals surface area contributed by atoms with Crippen LogP contribution in [0.15, 0.2) is 34.1 Å². The molecule has 0 N–H and O–H groups in total. The zero-order chi connectivity index (χ0) is 14.0. The van der Waals surface area contributed by atoms with Crippen molar-refractivity contribution in [2.75, 3.05) is 0 Å². The summed E-state index contributed by atoms with van der Waals surface area (Å²) in [6.07, 6.45) is 0. The first-order valence-corrected chi connectivity index (χ1v) is 6.94. The van der Waals surface area contributed by atoms with Gasteiger partial charge in [0.15, 0.2) is 0 Å². The van der Waals surface area contributed by atoms with Gasteiger partial charge in [-0.2, -0.15) is 8.78 Å². The van der Waals surface area contributed by atoms with Crippen LogP contribution in [0.25, 0.3) is 0 Å². The number of carbonyl (C=O) groups excluding carboxylic acids is 1. The molecule has 0 spiro atoms. The highest BCUT2D eigenvalue weighted by Gasteiger charge is 2.15. The molecule has 0 aliphatic rings. The molecule has 0 atom stereocenters. The Kier molecular flexibility index (Phi) is 4.31. The first-order chi connectivity index (χ1) is 8.97. The van der Waals surface area contributed by atoms with E-state index in [-0.39, 0.29) is 11.5 Å². The fraction of sp³-hybridized carbons (Fsp3) is 0.154. The van der Waals surface area contributed by atoms with Gasteiger partial charge in [-0.05, 0) is 46.6 Å². The maximum Gasteiger partial charge on any atom is 0.387 e. The lowest BCUT2D eigenvalue weighted by atomic mass is 10.1. The number of alkyl halides is 2. The van der Waals surface area contributed by atoms with Crippen LogP contribution in [0.4, 0.5) is 8.78 Å². The smallest absolute Gasteiger partial charge is 0.387 e. The third-order valence-corrected chi connectivity index (χ3v) is 4.54. The first-order valence-electron chi connectivity index (χ1n) is 5.33. The van der Waals surface area contributed by atoms with E-state index in [4.69, 9.17) is 0 Å². The van der Waals surface area contributed by atoms with E-state index in [2.05, 4.69) is 20.7 Å². The number of benzene rings is 1. The maximum atomic E-state index is 12.2. The molecule has 0 aliphatic carbocycles. The molecular weight excluding hydrogens is 338 g/mol. The van der Waals surface area contributed by atoms with E-state index in [0.29, 0.717) is 10.4 Å². The zero-order valence-electron chi connectivity index (χ0n) is 9.82. The molecule has 6 heteroatoms. The highest BCUT2D eigenvalue weighted by atomic mass is 79.9. The molecule has 0 saturated carbocycles. The lowest BCUT2D eigenvalue weighted by Gasteiger charge is -2.05. The third-order valence-electron chi connectivity index (χ3n) is 2.40. The van der Waals surface area contributed by atoms with E-state index >= 15 is 0 Å². The summed E-state index contributed by atoms with van der Waals surface area (Å²) in [4.78, 5) is 12.8. The van der Waals surface area contributed by atoms with E-state index < -0.39 is 6.61 Å². The molecule has 0 fully saturated rings. The number of aryl methyl sites for hydroxylation is 1. The molecule has 0 saturated heterocycles. The van der Waals surface area contributed by atoms with E-state index in [1.165, 1.54) is 29.5 Å². The topological polar surface area (TPSA) is 26.3 Å². The number of thiophene rings is 1. The Morgan fingerprint density at radius 3 is 2.68 bits per heavy atom. The van der Waals surface area contributed by atoms with Crippen molar-refractivity contribution in [2.45, 2.75) is 13.5 Å². The third kappa shape index (κ3) is 3.39. The van der Waals surface area contributed by atoms with E-state index in [1.54, 1.807) is 12.1 Å². The second-order valence-electron chi connectivity index (χ2n) is 3.80. The minimum Gasteiger partial charge on any atom is -0.435 e. The molecule has 0 aliphatic heterocycles. The van der Waals surface area contributed by atoms with Crippen molar-refractivity contribution in [3.05, 3.63) is 50.1 Å². The monoisotopic (exact) mass is 346 g/mol. The van der Waals surface area contributed by atoms with Gasteiger partial charge in [-0.25, -0.2) is 0 Å². The fourth-order valence-corrected chi connectivity index (χ4v) is 3.02. The first kappa shape index (κ1) is 14.1. The molecule has 100 valence electrons. The molecule has 2 aromatic rings. The predicted molar refractivity (Wildman–Crippen MR) is 73.3 cm³/mol. The summed E-state index contributed by atoms with van der Waals surface area (Å²) >= 11 is 4.66. The van der Waals surface area contributed by atoms with Crippen molar-refractivity contribution in [1.82, 2.24) is 0 Å². The van der Waals surface area contributed by atoms with Gasteiger partial charge in [0.05, 0.1) is 8.66 Å². The molecule has 0 amide bonds. The SMILES string of the molecule is Cc1cc(C(=O)c2cccc(OC(F)F)c2)sc1Br. The number of hydrogen-bond acceptors (Lipinski definition) is 3. The molecule has 1 aromatic heterocycles. The molecule has 0 unspecified atom stereocenters. The Balaban J connectivity index is 2.28. The van der Waals surface area contributed by atoms with Crippen molar-refractivity contribution in [3.63, 3.8) is 0 Å². The Morgan fingerprint density at radius 1 is 1.37 bits per heavy atom. The Morgan fingerprint density at radius 2 is 2.11 bits per heavy atom. The highest BCUT2D eigenvalue weighted by molar-refractivity contribution is 9.11. The van der Waals surface area contributed by atoms with Gasteiger partial charge >= 0.3 is 6.61 Å². The van der Waals surface area contributed by atoms with E-state index in [1.807, 2.05) is 6.92 Å². The number of hydrogen-bond donors (Lipinski definition) is 0. The molecule has 19 heavy (non-hydrogen) atoms. The fourth-order valence-electron chi connectivity index (χ4n) is 1.53. The van der Waals surface area contributed by atoms with E-state index in [0.717, 1.165) is 9.35 Å². The summed E-state index contributed by atoms with van der Waals surface area (Å²) in [5, 5.41) is 0. The van der Waals surface area contributed by atoms with Crippen LogP contribution in [0, 0.1) is 6.92 Å². The Labute approximate surface area is 121 Å². The number of ether oxygens (including phenoxy) is 1. The van der Waals surface area contributed by atoms with Gasteiger partial charge in [0.2, 0.25) is 5.78 Å². The van der Waals surface area contributed by atoms with Crippen LogP contribution in [0.1, 0.15) is 20.8 Å². The van der Waals surface area contributed by atoms with Crippen LogP contribution in [-0.2, 0) is 0 Å². The van der Waals surface area contributed by atoms with Gasteiger partial charge in [0, 0.05) is 5.56 Å². The van der Waals surface area contributed by atoms with Gasteiger partial charge < -0.3 is 4.74 Å². The lowest BCUT2D eigenvalue weighted by Crippen LogP contribution is -2.04. The number of ketones is 1. The highest BCUT2D eigenvalue weighted by Crippen LogP contribution is 2.29. The molecule has 1 aromatic carbocycles.